The van der Waals surface area contributed by atoms with E-state index in [1.54, 1.807) is 27.7 Å². The second-order valence-corrected chi connectivity index (χ2v) is 7.94. The van der Waals surface area contributed by atoms with E-state index in [0.29, 0.717) is 23.7 Å². The van der Waals surface area contributed by atoms with Crippen LogP contribution in [0.3, 0.4) is 0 Å². The molecule has 0 saturated carbocycles. The SMILES string of the molecule is CC(C)C(C)O.CC(C)C(C)O.CC(C)C(C)O.CC(C)C(C)O.[Hf]. The first-order valence-electron chi connectivity index (χ1n) is 9.29. The molecule has 0 aliphatic heterocycles. The van der Waals surface area contributed by atoms with E-state index in [2.05, 4.69) is 0 Å². The predicted molar refractivity (Wildman–Crippen MR) is 106 cm³/mol. The average Bonchev–Trinajstić information content (AvgIpc) is 2.40. The largest absolute Gasteiger partial charge is 0.393 e. The van der Waals surface area contributed by atoms with Crippen LogP contribution in [0.1, 0.15) is 83.1 Å². The standard InChI is InChI=1S/4C5H12O.Hf/c4*1-4(2)5(3)6;/h4*4-6H,1-3H3;. The van der Waals surface area contributed by atoms with Gasteiger partial charge in [-0.3, -0.25) is 0 Å². The van der Waals surface area contributed by atoms with Crippen LogP contribution in [-0.2, 0) is 25.8 Å². The van der Waals surface area contributed by atoms with Crippen molar-refractivity contribution in [1.82, 2.24) is 0 Å². The van der Waals surface area contributed by atoms with Crippen molar-refractivity contribution in [2.45, 2.75) is 108 Å². The molecule has 4 nitrogen and oxygen atoms in total. The number of rotatable bonds is 4. The van der Waals surface area contributed by atoms with Crippen molar-refractivity contribution in [2.24, 2.45) is 23.7 Å². The van der Waals surface area contributed by atoms with Gasteiger partial charge in [0.2, 0.25) is 0 Å². The van der Waals surface area contributed by atoms with Crippen LogP contribution in [0, 0.1) is 23.7 Å². The molecule has 156 valence electrons. The van der Waals surface area contributed by atoms with Gasteiger partial charge in [0.1, 0.15) is 0 Å². The summed E-state index contributed by atoms with van der Waals surface area (Å²) < 4.78 is 0. The molecule has 0 aromatic heterocycles. The summed E-state index contributed by atoms with van der Waals surface area (Å²) in [4.78, 5) is 0. The van der Waals surface area contributed by atoms with E-state index in [4.69, 9.17) is 20.4 Å². The molecule has 0 aromatic carbocycles. The monoisotopic (exact) mass is 532 g/mol. The Morgan fingerprint density at radius 3 is 0.360 bits per heavy atom. The molecule has 0 aliphatic rings. The minimum Gasteiger partial charge on any atom is -0.393 e. The van der Waals surface area contributed by atoms with Crippen molar-refractivity contribution in [3.05, 3.63) is 0 Å². The molecule has 0 spiro atoms. The quantitative estimate of drug-likeness (QED) is 0.413. The normalized spacial score (nSPS) is 14.9. The Morgan fingerprint density at radius 2 is 0.360 bits per heavy atom. The van der Waals surface area contributed by atoms with Crippen LogP contribution < -0.4 is 0 Å². The molecule has 0 saturated heterocycles. The summed E-state index contributed by atoms with van der Waals surface area (Å²) in [7, 11) is 0. The van der Waals surface area contributed by atoms with E-state index in [1.807, 2.05) is 55.4 Å². The number of aliphatic hydroxyl groups excluding tert-OH is 4. The topological polar surface area (TPSA) is 80.9 Å². The second kappa shape index (κ2) is 22.8. The molecule has 0 aromatic rings. The molecule has 5 heteroatoms. The zero-order valence-electron chi connectivity index (χ0n) is 18.9. The van der Waals surface area contributed by atoms with Crippen molar-refractivity contribution in [3.8, 4) is 0 Å². The second-order valence-electron chi connectivity index (χ2n) is 7.94. The van der Waals surface area contributed by atoms with Gasteiger partial charge in [-0.05, 0) is 51.4 Å². The first kappa shape index (κ1) is 36.6. The molecule has 0 rings (SSSR count). The Labute approximate surface area is 177 Å². The first-order chi connectivity index (χ1) is 10.6. The Morgan fingerprint density at radius 1 is 0.320 bits per heavy atom. The molecular formula is C20H48HfO4. The van der Waals surface area contributed by atoms with Gasteiger partial charge in [0.25, 0.3) is 0 Å². The molecule has 0 aliphatic carbocycles. The maximum absolute atomic E-state index is 8.63. The van der Waals surface area contributed by atoms with Crippen LogP contribution in [0.2, 0.25) is 0 Å². The van der Waals surface area contributed by atoms with Crippen molar-refractivity contribution >= 4 is 0 Å². The molecule has 0 amide bonds. The summed E-state index contributed by atoms with van der Waals surface area (Å²) in [6.07, 6.45) is -0.593. The summed E-state index contributed by atoms with van der Waals surface area (Å²) in [6.45, 7) is 23.1. The summed E-state index contributed by atoms with van der Waals surface area (Å²) in [5.41, 5.74) is 0. The summed E-state index contributed by atoms with van der Waals surface area (Å²) >= 11 is 0. The molecule has 4 N–H and O–H groups in total. The third-order valence-electron chi connectivity index (χ3n) is 3.86. The van der Waals surface area contributed by atoms with Crippen LogP contribution >= 0.6 is 0 Å². The predicted octanol–water partition coefficient (Wildman–Crippen LogP) is 4.09. The fraction of sp³-hybridized carbons (Fsp3) is 1.00. The fourth-order valence-corrected chi connectivity index (χ4v) is 0. The van der Waals surface area contributed by atoms with Gasteiger partial charge >= 0.3 is 0 Å². The van der Waals surface area contributed by atoms with Gasteiger partial charge in [-0.1, -0.05) is 55.4 Å². The number of aliphatic hydroxyl groups is 4. The van der Waals surface area contributed by atoms with Gasteiger partial charge in [0, 0.05) is 25.8 Å². The fourth-order valence-electron chi connectivity index (χ4n) is 0. The minimum atomic E-state index is -0.148. The van der Waals surface area contributed by atoms with Gasteiger partial charge < -0.3 is 20.4 Å². The average molecular weight is 531 g/mol. The van der Waals surface area contributed by atoms with E-state index in [9.17, 15) is 0 Å². The third-order valence-corrected chi connectivity index (χ3v) is 3.86. The Kier molecular flexibility index (Phi) is 33.3. The molecule has 0 radical (unpaired) electrons. The molecule has 25 heavy (non-hydrogen) atoms. The molecule has 0 heterocycles. The van der Waals surface area contributed by atoms with Crippen LogP contribution in [-0.4, -0.2) is 44.8 Å². The molecule has 4 atom stereocenters. The van der Waals surface area contributed by atoms with Crippen LogP contribution in [0.25, 0.3) is 0 Å². The zero-order chi connectivity index (χ0) is 20.6. The Bertz CT molecular complexity index is 154. The minimum absolute atomic E-state index is 0. The summed E-state index contributed by atoms with van der Waals surface area (Å²) in [5.74, 6) is 1.63. The van der Waals surface area contributed by atoms with Crippen molar-refractivity contribution < 1.29 is 46.3 Å². The summed E-state index contributed by atoms with van der Waals surface area (Å²) in [6, 6.07) is 0. The van der Waals surface area contributed by atoms with E-state index in [1.165, 1.54) is 0 Å². The van der Waals surface area contributed by atoms with Gasteiger partial charge in [-0.15, -0.1) is 0 Å². The maximum atomic E-state index is 8.63. The Balaban J connectivity index is -0.0000000702. The number of hydrogen-bond acceptors (Lipinski definition) is 4. The van der Waals surface area contributed by atoms with Crippen molar-refractivity contribution in [1.29, 1.82) is 0 Å². The van der Waals surface area contributed by atoms with Gasteiger partial charge in [-0.25, -0.2) is 0 Å². The van der Waals surface area contributed by atoms with Gasteiger partial charge in [-0.2, -0.15) is 0 Å². The van der Waals surface area contributed by atoms with Crippen molar-refractivity contribution in [3.63, 3.8) is 0 Å². The maximum Gasteiger partial charge on any atom is 0.0535 e. The Hall–Kier alpha value is 0.710. The van der Waals surface area contributed by atoms with E-state index < -0.39 is 0 Å². The van der Waals surface area contributed by atoms with E-state index >= 15 is 0 Å². The number of hydrogen-bond donors (Lipinski definition) is 4. The molecule has 4 unspecified atom stereocenters. The van der Waals surface area contributed by atoms with Crippen LogP contribution in [0.4, 0.5) is 0 Å². The molecule has 0 fully saturated rings. The van der Waals surface area contributed by atoms with E-state index in [-0.39, 0.29) is 50.3 Å². The van der Waals surface area contributed by atoms with Gasteiger partial charge in [0.15, 0.2) is 0 Å². The molecule has 0 bridgehead atoms. The third kappa shape index (κ3) is 45.6. The zero-order valence-corrected chi connectivity index (χ0v) is 22.5. The van der Waals surface area contributed by atoms with Crippen molar-refractivity contribution in [2.75, 3.05) is 0 Å². The molecular weight excluding hydrogens is 483 g/mol. The van der Waals surface area contributed by atoms with Crippen LogP contribution in [0.5, 0.6) is 0 Å². The first-order valence-corrected chi connectivity index (χ1v) is 9.29. The van der Waals surface area contributed by atoms with Crippen LogP contribution in [0.15, 0.2) is 0 Å². The smallest absolute Gasteiger partial charge is 0.0535 e. The summed E-state index contributed by atoms with van der Waals surface area (Å²) in [5, 5.41) is 34.5. The van der Waals surface area contributed by atoms with E-state index in [0.717, 1.165) is 0 Å². The van der Waals surface area contributed by atoms with Gasteiger partial charge in [0.05, 0.1) is 24.4 Å².